The third kappa shape index (κ3) is 6.60. The molecule has 1 heterocycles. The maximum absolute atomic E-state index is 11.9. The van der Waals surface area contributed by atoms with Gasteiger partial charge in [-0.25, -0.2) is 9.78 Å². The van der Waals surface area contributed by atoms with Crippen molar-refractivity contribution >= 4 is 6.09 Å². The Balaban J connectivity index is 2.05. The van der Waals surface area contributed by atoms with Gasteiger partial charge >= 0.3 is 6.09 Å². The van der Waals surface area contributed by atoms with Gasteiger partial charge in [-0.1, -0.05) is 12.1 Å². The van der Waals surface area contributed by atoms with Gasteiger partial charge in [0.15, 0.2) is 0 Å². The molecule has 2 aromatic rings. The molecule has 1 aromatic heterocycles. The highest BCUT2D eigenvalue weighted by Gasteiger charge is 2.19. The Labute approximate surface area is 158 Å². The molecule has 0 fully saturated rings. The standard InChI is InChI=1S/C20H23N3O4/c1-20(2,3)27-19(25)23-16(13-24)10-14-6-4-8-17(11-14)26-18-15(12-21)7-5-9-22-18/h4-9,11,16,24H,10,13H2,1-3H3,(H,23,25)/t16-/m1/s1. The van der Waals surface area contributed by atoms with Crippen LogP contribution in [0.2, 0.25) is 0 Å². The van der Waals surface area contributed by atoms with Crippen LogP contribution in [0.5, 0.6) is 11.6 Å². The highest BCUT2D eigenvalue weighted by Crippen LogP contribution is 2.23. The Kier molecular flexibility index (Phi) is 6.74. The lowest BCUT2D eigenvalue weighted by atomic mass is 10.1. The predicted octanol–water partition coefficient (Wildman–Crippen LogP) is 3.17. The lowest BCUT2D eigenvalue weighted by Gasteiger charge is -2.23. The van der Waals surface area contributed by atoms with E-state index in [4.69, 9.17) is 14.7 Å². The quantitative estimate of drug-likeness (QED) is 0.810. The average molecular weight is 369 g/mol. The molecule has 7 nitrogen and oxygen atoms in total. The van der Waals surface area contributed by atoms with E-state index in [9.17, 15) is 9.90 Å². The maximum Gasteiger partial charge on any atom is 0.407 e. The fourth-order valence-electron chi connectivity index (χ4n) is 2.32. The highest BCUT2D eigenvalue weighted by atomic mass is 16.6. The van der Waals surface area contributed by atoms with Crippen molar-refractivity contribution in [3.05, 3.63) is 53.7 Å². The minimum absolute atomic E-state index is 0.225. The van der Waals surface area contributed by atoms with E-state index >= 15 is 0 Å². The van der Waals surface area contributed by atoms with Gasteiger partial charge in [0, 0.05) is 6.20 Å². The van der Waals surface area contributed by atoms with Crippen LogP contribution >= 0.6 is 0 Å². The Morgan fingerprint density at radius 1 is 1.33 bits per heavy atom. The molecule has 1 aromatic carbocycles. The van der Waals surface area contributed by atoms with Gasteiger partial charge in [-0.2, -0.15) is 5.26 Å². The summed E-state index contributed by atoms with van der Waals surface area (Å²) < 4.78 is 10.9. The highest BCUT2D eigenvalue weighted by molar-refractivity contribution is 5.68. The number of nitrogens with one attached hydrogen (secondary N) is 1. The molecule has 0 bridgehead atoms. The van der Waals surface area contributed by atoms with Gasteiger partial charge in [0.1, 0.15) is 23.0 Å². The summed E-state index contributed by atoms with van der Waals surface area (Å²) in [5.74, 6) is 0.736. The number of pyridine rings is 1. The zero-order chi connectivity index (χ0) is 19.9. The summed E-state index contributed by atoms with van der Waals surface area (Å²) in [5, 5.41) is 21.3. The molecule has 0 saturated heterocycles. The fourth-order valence-corrected chi connectivity index (χ4v) is 2.32. The average Bonchev–Trinajstić information content (AvgIpc) is 2.60. The van der Waals surface area contributed by atoms with Crippen LogP contribution in [0.3, 0.4) is 0 Å². The van der Waals surface area contributed by atoms with Gasteiger partial charge in [0.05, 0.1) is 12.6 Å². The van der Waals surface area contributed by atoms with Crippen LogP contribution < -0.4 is 10.1 Å². The minimum Gasteiger partial charge on any atom is -0.444 e. The number of carbonyl (C=O) groups excluding carboxylic acids is 1. The molecular weight excluding hydrogens is 346 g/mol. The summed E-state index contributed by atoms with van der Waals surface area (Å²) in [6, 6.07) is 12.0. The third-order valence-corrected chi connectivity index (χ3v) is 3.43. The van der Waals surface area contributed by atoms with Gasteiger partial charge < -0.3 is 19.9 Å². The lowest BCUT2D eigenvalue weighted by molar-refractivity contribution is 0.0483. The van der Waals surface area contributed by atoms with Crippen molar-refractivity contribution in [1.82, 2.24) is 10.3 Å². The summed E-state index contributed by atoms with van der Waals surface area (Å²) in [5.41, 5.74) is 0.568. The maximum atomic E-state index is 11.9. The molecule has 7 heteroatoms. The zero-order valence-corrected chi connectivity index (χ0v) is 15.6. The van der Waals surface area contributed by atoms with Crippen LogP contribution in [0.25, 0.3) is 0 Å². The Morgan fingerprint density at radius 2 is 2.11 bits per heavy atom. The van der Waals surface area contributed by atoms with Crippen LogP contribution in [0.1, 0.15) is 31.9 Å². The number of alkyl carbamates (subject to hydrolysis) is 1. The molecule has 1 atom stereocenters. The Bertz CT molecular complexity index is 824. The van der Waals surface area contributed by atoms with Crippen LogP contribution in [0, 0.1) is 11.3 Å². The number of aromatic nitrogens is 1. The van der Waals surface area contributed by atoms with Gasteiger partial charge in [-0.05, 0) is 57.0 Å². The van der Waals surface area contributed by atoms with Crippen LogP contribution in [-0.4, -0.2) is 34.4 Å². The van der Waals surface area contributed by atoms with E-state index in [2.05, 4.69) is 10.3 Å². The van der Waals surface area contributed by atoms with Gasteiger partial charge in [0.2, 0.25) is 5.88 Å². The van der Waals surface area contributed by atoms with Gasteiger partial charge in [-0.15, -0.1) is 0 Å². The molecule has 0 saturated carbocycles. The molecule has 27 heavy (non-hydrogen) atoms. The molecule has 1 amide bonds. The number of hydrogen-bond donors (Lipinski definition) is 2. The molecule has 0 unspecified atom stereocenters. The first-order valence-corrected chi connectivity index (χ1v) is 8.53. The molecule has 0 radical (unpaired) electrons. The summed E-state index contributed by atoms with van der Waals surface area (Å²) in [6.07, 6.45) is 1.36. The number of aliphatic hydroxyl groups excluding tert-OH is 1. The van der Waals surface area contributed by atoms with Crippen molar-refractivity contribution in [2.24, 2.45) is 0 Å². The van der Waals surface area contributed by atoms with E-state index < -0.39 is 17.7 Å². The zero-order valence-electron chi connectivity index (χ0n) is 15.6. The second-order valence-electron chi connectivity index (χ2n) is 6.95. The van der Waals surface area contributed by atoms with Crippen molar-refractivity contribution in [2.45, 2.75) is 38.8 Å². The number of ether oxygens (including phenoxy) is 2. The monoisotopic (exact) mass is 369 g/mol. The summed E-state index contributed by atoms with van der Waals surface area (Å²) in [4.78, 5) is 16.0. The number of nitriles is 1. The molecular formula is C20H23N3O4. The summed E-state index contributed by atoms with van der Waals surface area (Å²) >= 11 is 0. The van der Waals surface area contributed by atoms with E-state index in [1.54, 1.807) is 57.3 Å². The van der Waals surface area contributed by atoms with E-state index in [-0.39, 0.29) is 12.5 Å². The Hall–Kier alpha value is -3.11. The number of nitrogens with zero attached hydrogens (tertiary/aromatic N) is 2. The van der Waals surface area contributed by atoms with Crippen molar-refractivity contribution in [2.75, 3.05) is 6.61 Å². The second kappa shape index (κ2) is 9.01. The first-order chi connectivity index (χ1) is 12.8. The lowest BCUT2D eigenvalue weighted by Crippen LogP contribution is -2.42. The predicted molar refractivity (Wildman–Crippen MR) is 99.4 cm³/mol. The number of carbonyl (C=O) groups is 1. The van der Waals surface area contributed by atoms with Crippen molar-refractivity contribution in [1.29, 1.82) is 5.26 Å². The largest absolute Gasteiger partial charge is 0.444 e. The van der Waals surface area contributed by atoms with Gasteiger partial charge in [-0.3, -0.25) is 0 Å². The smallest absolute Gasteiger partial charge is 0.407 e. The fraction of sp³-hybridized carbons (Fsp3) is 0.350. The molecule has 142 valence electrons. The first-order valence-electron chi connectivity index (χ1n) is 8.53. The Morgan fingerprint density at radius 3 is 2.78 bits per heavy atom. The molecule has 2 rings (SSSR count). The molecule has 0 aliphatic carbocycles. The van der Waals surface area contributed by atoms with E-state index in [0.717, 1.165) is 5.56 Å². The van der Waals surface area contributed by atoms with Crippen LogP contribution in [0.4, 0.5) is 4.79 Å². The van der Waals surface area contributed by atoms with Crippen LogP contribution in [0.15, 0.2) is 42.6 Å². The SMILES string of the molecule is CC(C)(C)OC(=O)N[C@@H](CO)Cc1cccc(Oc2ncccc2C#N)c1. The first kappa shape index (κ1) is 20.2. The summed E-state index contributed by atoms with van der Waals surface area (Å²) in [7, 11) is 0. The third-order valence-electron chi connectivity index (χ3n) is 3.43. The van der Waals surface area contributed by atoms with E-state index in [1.807, 2.05) is 12.1 Å². The number of hydrogen-bond acceptors (Lipinski definition) is 6. The molecule has 0 aliphatic rings. The number of rotatable bonds is 6. The van der Waals surface area contributed by atoms with Crippen LogP contribution in [-0.2, 0) is 11.2 Å². The number of amides is 1. The summed E-state index contributed by atoms with van der Waals surface area (Å²) in [6.45, 7) is 5.08. The van der Waals surface area contributed by atoms with Crippen molar-refractivity contribution < 1.29 is 19.4 Å². The number of benzene rings is 1. The van der Waals surface area contributed by atoms with Crippen molar-refractivity contribution in [3.63, 3.8) is 0 Å². The topological polar surface area (TPSA) is 104 Å². The van der Waals surface area contributed by atoms with Gasteiger partial charge in [0.25, 0.3) is 0 Å². The molecule has 0 aliphatic heterocycles. The van der Waals surface area contributed by atoms with E-state index in [1.165, 1.54) is 0 Å². The van der Waals surface area contributed by atoms with E-state index in [0.29, 0.717) is 17.7 Å². The molecule has 2 N–H and O–H groups in total. The number of aliphatic hydroxyl groups is 1. The van der Waals surface area contributed by atoms with Crippen molar-refractivity contribution in [3.8, 4) is 17.7 Å². The normalized spacial score (nSPS) is 12.0. The molecule has 0 spiro atoms. The second-order valence-corrected chi connectivity index (χ2v) is 6.95. The minimum atomic E-state index is -0.612.